The van der Waals surface area contributed by atoms with E-state index in [2.05, 4.69) is 23.1 Å². The Bertz CT molecular complexity index is 1560. The summed E-state index contributed by atoms with van der Waals surface area (Å²) in [7, 11) is 0. The fraction of sp³-hybridized carbons (Fsp3) is 0.412. The fourth-order valence-electron chi connectivity index (χ4n) is 6.23. The number of nitrogens with two attached hydrogens (primary N) is 1. The second-order valence-corrected chi connectivity index (χ2v) is 11.1. The van der Waals surface area contributed by atoms with Crippen LogP contribution in [0.5, 0.6) is 11.5 Å². The number of ether oxygens (including phenoxy) is 4. The predicted octanol–water partition coefficient (Wildman–Crippen LogP) is 3.86. The topological polar surface area (TPSA) is 158 Å². The molecule has 2 N–H and O–H groups in total. The van der Waals surface area contributed by atoms with Crippen molar-refractivity contribution < 1.29 is 23.7 Å². The summed E-state index contributed by atoms with van der Waals surface area (Å²) < 4.78 is 23.1. The van der Waals surface area contributed by atoms with Gasteiger partial charge in [-0.2, -0.15) is 15.8 Å². The first-order valence-electron chi connectivity index (χ1n) is 15.0. The Labute approximate surface area is 263 Å². The van der Waals surface area contributed by atoms with Gasteiger partial charge >= 0.3 is 6.09 Å². The first kappa shape index (κ1) is 31.4. The average molecular weight is 609 g/mol. The summed E-state index contributed by atoms with van der Waals surface area (Å²) in [6.45, 7) is 6.91. The maximum Gasteiger partial charge on any atom is 0.410 e. The number of carbonyl (C=O) groups is 1. The summed E-state index contributed by atoms with van der Waals surface area (Å²) in [6, 6.07) is 21.1. The smallest absolute Gasteiger partial charge is 0.410 e. The fourth-order valence-corrected chi connectivity index (χ4v) is 6.23. The van der Waals surface area contributed by atoms with Gasteiger partial charge in [-0.15, -0.1) is 0 Å². The molecule has 1 amide bonds. The van der Waals surface area contributed by atoms with Gasteiger partial charge in [0, 0.05) is 44.6 Å². The van der Waals surface area contributed by atoms with Crippen molar-refractivity contribution in [3.05, 3.63) is 82.6 Å². The number of nitriles is 3. The van der Waals surface area contributed by atoms with Crippen LogP contribution < -0.4 is 15.2 Å². The highest BCUT2D eigenvalue weighted by Crippen LogP contribution is 2.55. The summed E-state index contributed by atoms with van der Waals surface area (Å²) in [5, 5.41) is 31.1. The summed E-state index contributed by atoms with van der Waals surface area (Å²) in [5.74, 6) is -0.402. The van der Waals surface area contributed by atoms with E-state index in [-0.39, 0.29) is 31.0 Å². The maximum absolute atomic E-state index is 13.2. The summed E-state index contributed by atoms with van der Waals surface area (Å²) in [5.41, 5.74) is 6.70. The van der Waals surface area contributed by atoms with E-state index in [1.165, 1.54) is 4.90 Å². The Morgan fingerprint density at radius 2 is 1.82 bits per heavy atom. The van der Waals surface area contributed by atoms with Gasteiger partial charge in [-0.3, -0.25) is 4.90 Å². The zero-order valence-electron chi connectivity index (χ0n) is 25.3. The first-order valence-corrected chi connectivity index (χ1v) is 15.0. The van der Waals surface area contributed by atoms with E-state index in [4.69, 9.17) is 24.7 Å². The number of rotatable bonds is 9. The third-order valence-electron chi connectivity index (χ3n) is 8.52. The van der Waals surface area contributed by atoms with E-state index < -0.39 is 23.3 Å². The predicted molar refractivity (Wildman–Crippen MR) is 163 cm³/mol. The van der Waals surface area contributed by atoms with Crippen LogP contribution in [-0.2, 0) is 16.1 Å². The van der Waals surface area contributed by atoms with Crippen LogP contribution in [0.1, 0.15) is 24.0 Å². The van der Waals surface area contributed by atoms with Gasteiger partial charge in [0.1, 0.15) is 19.3 Å². The lowest BCUT2D eigenvalue weighted by Crippen LogP contribution is -2.49. The zero-order valence-corrected chi connectivity index (χ0v) is 25.3. The van der Waals surface area contributed by atoms with E-state index in [0.29, 0.717) is 49.1 Å². The molecule has 232 valence electrons. The lowest BCUT2D eigenvalue weighted by Gasteiger charge is -2.45. The van der Waals surface area contributed by atoms with Gasteiger partial charge in [0.05, 0.1) is 43.2 Å². The number of nitrogens with zero attached hydrogens (tertiary/aromatic N) is 5. The molecule has 1 saturated heterocycles. The van der Waals surface area contributed by atoms with Crippen LogP contribution in [-0.4, -0.2) is 75.0 Å². The van der Waals surface area contributed by atoms with Crippen molar-refractivity contribution in [2.45, 2.75) is 19.4 Å². The number of hydrogen-bond donors (Lipinski definition) is 1. The van der Waals surface area contributed by atoms with E-state index in [1.807, 2.05) is 37.3 Å². The van der Waals surface area contributed by atoms with Crippen LogP contribution in [0.4, 0.5) is 4.79 Å². The Balaban J connectivity index is 1.46. The molecule has 0 radical (unpaired) electrons. The van der Waals surface area contributed by atoms with Crippen molar-refractivity contribution in [2.24, 2.45) is 17.1 Å². The van der Waals surface area contributed by atoms with Gasteiger partial charge in [0.15, 0.2) is 16.9 Å². The number of amides is 1. The Morgan fingerprint density at radius 1 is 1.07 bits per heavy atom. The first-order chi connectivity index (χ1) is 21.9. The molecule has 1 aliphatic carbocycles. The minimum Gasteiger partial charge on any atom is -0.490 e. The van der Waals surface area contributed by atoms with Crippen molar-refractivity contribution in [1.82, 2.24) is 9.80 Å². The van der Waals surface area contributed by atoms with Gasteiger partial charge in [-0.05, 0) is 35.8 Å². The molecule has 1 fully saturated rings. The minimum absolute atomic E-state index is 0.0913. The van der Waals surface area contributed by atoms with Crippen LogP contribution >= 0.6 is 0 Å². The summed E-state index contributed by atoms with van der Waals surface area (Å²) in [4.78, 5) is 17.0. The molecule has 45 heavy (non-hydrogen) atoms. The van der Waals surface area contributed by atoms with E-state index in [0.717, 1.165) is 25.2 Å². The monoisotopic (exact) mass is 608 g/mol. The largest absolute Gasteiger partial charge is 0.490 e. The van der Waals surface area contributed by atoms with Crippen molar-refractivity contribution in [3.63, 3.8) is 0 Å². The second-order valence-electron chi connectivity index (χ2n) is 11.1. The molecular formula is C34H36N6O5. The van der Waals surface area contributed by atoms with Gasteiger partial charge in [0.25, 0.3) is 0 Å². The van der Waals surface area contributed by atoms with E-state index in [9.17, 15) is 20.6 Å². The normalized spacial score (nSPS) is 20.9. The van der Waals surface area contributed by atoms with Gasteiger partial charge in [-0.1, -0.05) is 42.5 Å². The summed E-state index contributed by atoms with van der Waals surface area (Å²) >= 11 is 0. The van der Waals surface area contributed by atoms with Gasteiger partial charge < -0.3 is 29.6 Å². The van der Waals surface area contributed by atoms with E-state index in [1.54, 1.807) is 24.3 Å². The second kappa shape index (κ2) is 14.2. The molecule has 2 heterocycles. The number of hydrogen-bond acceptors (Lipinski definition) is 10. The maximum atomic E-state index is 13.2. The minimum atomic E-state index is -1.87. The molecule has 11 nitrogen and oxygen atoms in total. The molecule has 0 bridgehead atoms. The molecule has 11 heteroatoms. The Kier molecular flexibility index (Phi) is 9.89. The molecule has 2 aromatic carbocycles. The zero-order chi connectivity index (χ0) is 31.8. The highest BCUT2D eigenvalue weighted by Gasteiger charge is 2.55. The molecule has 5 rings (SSSR count). The molecule has 2 unspecified atom stereocenters. The molecule has 2 aromatic rings. The van der Waals surface area contributed by atoms with Gasteiger partial charge in [-0.25, -0.2) is 4.79 Å². The lowest BCUT2D eigenvalue weighted by atomic mass is 9.58. The van der Waals surface area contributed by atoms with Crippen molar-refractivity contribution in [2.75, 3.05) is 59.2 Å². The average Bonchev–Trinajstić information content (AvgIpc) is 3.08. The number of carbonyl (C=O) groups excluding carboxylic acids is 1. The number of benzene rings is 2. The summed E-state index contributed by atoms with van der Waals surface area (Å²) in [6.07, 6.45) is 1.23. The number of morpholine rings is 1. The highest BCUT2D eigenvalue weighted by molar-refractivity contribution is 5.69. The Hall–Kier alpha value is -5.02. The van der Waals surface area contributed by atoms with Crippen LogP contribution in [0.2, 0.25) is 0 Å². The van der Waals surface area contributed by atoms with Crippen LogP contribution in [0.15, 0.2) is 71.5 Å². The molecule has 0 spiro atoms. The van der Waals surface area contributed by atoms with Gasteiger partial charge in [0.2, 0.25) is 0 Å². The molecular weight excluding hydrogens is 572 g/mol. The quantitative estimate of drug-likeness (QED) is 0.443. The lowest BCUT2D eigenvalue weighted by molar-refractivity contribution is 0.0321. The third kappa shape index (κ3) is 6.44. The number of fused-ring (bicyclic) bond motifs is 1. The van der Waals surface area contributed by atoms with Crippen LogP contribution in [0.25, 0.3) is 0 Å². The van der Waals surface area contributed by atoms with Crippen LogP contribution in [0.3, 0.4) is 0 Å². The molecule has 2 atom stereocenters. The van der Waals surface area contributed by atoms with Crippen molar-refractivity contribution in [3.8, 4) is 29.7 Å². The van der Waals surface area contributed by atoms with E-state index >= 15 is 0 Å². The SMILES string of the molecule is CCOc1cc(C2C3CN(C(=O)OCc4ccccc4)CC=C3C(C#N)=C(N)C2(C#N)C#N)ccc1OCCN1CCOCC1. The molecule has 2 aliphatic heterocycles. The number of allylic oxidation sites excluding steroid dienone is 2. The highest BCUT2D eigenvalue weighted by atomic mass is 16.6. The molecule has 3 aliphatic rings. The Morgan fingerprint density at radius 3 is 2.51 bits per heavy atom. The third-order valence-corrected chi connectivity index (χ3v) is 8.52. The van der Waals surface area contributed by atoms with Crippen molar-refractivity contribution >= 4 is 6.09 Å². The van der Waals surface area contributed by atoms with Crippen LogP contribution in [0, 0.1) is 45.3 Å². The molecule has 0 saturated carbocycles. The molecule has 0 aromatic heterocycles. The van der Waals surface area contributed by atoms with Crippen molar-refractivity contribution in [1.29, 1.82) is 15.8 Å². The standard InChI is InChI=1S/C34H36N6O5/c1-2-43-30-18-25(8-9-29(30)44-17-14-39-12-15-42-16-13-39)31-28-20-40(33(41)45-21-24-6-4-3-5-7-24)11-10-26(28)27(19-35)32(38)34(31,22-36)23-37/h3-10,18,28,31H,2,11-17,20-21,38H2,1H3.